The Balaban J connectivity index is 1.75. The molecule has 0 saturated carbocycles. The van der Waals surface area contributed by atoms with Gasteiger partial charge in [0.05, 0.1) is 6.04 Å². The number of hydroxylamine groups is 1. The van der Waals surface area contributed by atoms with Crippen LogP contribution in [0.1, 0.15) is 29.7 Å². The van der Waals surface area contributed by atoms with E-state index in [0.29, 0.717) is 6.04 Å². The lowest BCUT2D eigenvalue weighted by Gasteiger charge is -2.08. The van der Waals surface area contributed by atoms with Gasteiger partial charge in [-0.2, -0.15) is 5.48 Å². The van der Waals surface area contributed by atoms with Crippen LogP contribution >= 0.6 is 0 Å². The Morgan fingerprint density at radius 2 is 1.41 bits per heavy atom. The van der Waals surface area contributed by atoms with E-state index in [1.165, 1.54) is 11.1 Å². The highest BCUT2D eigenvalue weighted by Gasteiger charge is 2.27. The van der Waals surface area contributed by atoms with Crippen LogP contribution < -0.4 is 5.48 Å². The van der Waals surface area contributed by atoms with Crippen molar-refractivity contribution in [2.24, 2.45) is 0 Å². The van der Waals surface area contributed by atoms with E-state index < -0.39 is 0 Å². The molecular formula is C15H15NO. The summed E-state index contributed by atoms with van der Waals surface area (Å²) >= 11 is 0. The molecule has 2 nitrogen and oxygen atoms in total. The molecule has 1 fully saturated rings. The van der Waals surface area contributed by atoms with Crippen molar-refractivity contribution in [1.29, 1.82) is 0 Å². The third kappa shape index (κ3) is 2.23. The maximum absolute atomic E-state index is 5.66. The van der Waals surface area contributed by atoms with Gasteiger partial charge in [0.25, 0.3) is 0 Å². The van der Waals surface area contributed by atoms with Gasteiger partial charge >= 0.3 is 0 Å². The summed E-state index contributed by atoms with van der Waals surface area (Å²) in [7, 11) is 0. The van der Waals surface area contributed by atoms with E-state index in [0.717, 1.165) is 6.42 Å². The van der Waals surface area contributed by atoms with Gasteiger partial charge in [-0.1, -0.05) is 60.7 Å². The molecule has 86 valence electrons. The van der Waals surface area contributed by atoms with Crippen LogP contribution in [0, 0.1) is 0 Å². The zero-order valence-corrected chi connectivity index (χ0v) is 9.54. The summed E-state index contributed by atoms with van der Waals surface area (Å²) in [4.78, 5) is 5.66. The van der Waals surface area contributed by atoms with Gasteiger partial charge in [-0.3, -0.25) is 4.84 Å². The predicted molar refractivity (Wildman–Crippen MR) is 67.2 cm³/mol. The molecular weight excluding hydrogens is 210 g/mol. The van der Waals surface area contributed by atoms with E-state index in [2.05, 4.69) is 54.0 Å². The van der Waals surface area contributed by atoms with Crippen LogP contribution in [-0.4, -0.2) is 0 Å². The molecule has 2 heteroatoms. The molecule has 2 unspecified atom stereocenters. The van der Waals surface area contributed by atoms with E-state index in [1.54, 1.807) is 0 Å². The predicted octanol–water partition coefficient (Wildman–Crippen LogP) is 3.39. The number of benzene rings is 2. The van der Waals surface area contributed by atoms with Gasteiger partial charge in [0.15, 0.2) is 0 Å². The lowest BCUT2D eigenvalue weighted by Crippen LogP contribution is -2.11. The molecule has 1 aliphatic heterocycles. The summed E-state index contributed by atoms with van der Waals surface area (Å²) in [5, 5.41) is 0. The normalized spacial score (nSPS) is 23.8. The topological polar surface area (TPSA) is 21.3 Å². The zero-order valence-electron chi connectivity index (χ0n) is 9.54. The van der Waals surface area contributed by atoms with Crippen molar-refractivity contribution < 1.29 is 4.84 Å². The lowest BCUT2D eigenvalue weighted by molar-refractivity contribution is 0.0255. The maximum atomic E-state index is 5.66. The molecule has 1 aliphatic rings. The second kappa shape index (κ2) is 4.70. The van der Waals surface area contributed by atoms with Crippen LogP contribution in [0.3, 0.4) is 0 Å². The van der Waals surface area contributed by atoms with E-state index in [9.17, 15) is 0 Å². The minimum Gasteiger partial charge on any atom is -0.293 e. The van der Waals surface area contributed by atoms with Crippen LogP contribution in [0.15, 0.2) is 60.7 Å². The zero-order chi connectivity index (χ0) is 11.5. The fourth-order valence-corrected chi connectivity index (χ4v) is 2.24. The van der Waals surface area contributed by atoms with Gasteiger partial charge < -0.3 is 0 Å². The molecule has 2 atom stereocenters. The van der Waals surface area contributed by atoms with Gasteiger partial charge in [0.1, 0.15) is 6.10 Å². The van der Waals surface area contributed by atoms with Crippen molar-refractivity contribution in [3.8, 4) is 0 Å². The quantitative estimate of drug-likeness (QED) is 0.845. The fourth-order valence-electron chi connectivity index (χ4n) is 2.24. The highest BCUT2D eigenvalue weighted by atomic mass is 16.7. The Kier molecular flexibility index (Phi) is 2.90. The highest BCUT2D eigenvalue weighted by molar-refractivity contribution is 5.23. The number of hydrogen-bond acceptors (Lipinski definition) is 2. The first kappa shape index (κ1) is 10.5. The van der Waals surface area contributed by atoms with Gasteiger partial charge in [-0.05, 0) is 11.1 Å². The first-order chi connectivity index (χ1) is 8.43. The van der Waals surface area contributed by atoms with Crippen molar-refractivity contribution in [3.63, 3.8) is 0 Å². The lowest BCUT2D eigenvalue weighted by atomic mass is 9.99. The first-order valence-corrected chi connectivity index (χ1v) is 5.94. The van der Waals surface area contributed by atoms with Gasteiger partial charge in [0.2, 0.25) is 0 Å². The molecule has 17 heavy (non-hydrogen) atoms. The molecule has 3 rings (SSSR count). The van der Waals surface area contributed by atoms with E-state index in [-0.39, 0.29) is 6.10 Å². The summed E-state index contributed by atoms with van der Waals surface area (Å²) < 4.78 is 0. The van der Waals surface area contributed by atoms with Crippen LogP contribution in [0.5, 0.6) is 0 Å². The Hall–Kier alpha value is -1.64. The molecule has 2 aromatic rings. The van der Waals surface area contributed by atoms with Crippen LogP contribution in [-0.2, 0) is 4.84 Å². The second-order valence-corrected chi connectivity index (χ2v) is 4.33. The molecule has 1 N–H and O–H groups in total. The van der Waals surface area contributed by atoms with Gasteiger partial charge in [-0.15, -0.1) is 0 Å². The third-order valence-electron chi connectivity index (χ3n) is 3.18. The Bertz CT molecular complexity index is 423. The molecule has 1 saturated heterocycles. The largest absolute Gasteiger partial charge is 0.293 e. The summed E-state index contributed by atoms with van der Waals surface area (Å²) in [6, 6.07) is 21.1. The maximum Gasteiger partial charge on any atom is 0.106 e. The highest BCUT2D eigenvalue weighted by Crippen LogP contribution is 2.34. The molecule has 0 bridgehead atoms. The number of nitrogens with one attached hydrogen (secondary N) is 1. The standard InChI is InChI=1S/C15H15NO/c1-3-7-12(8-4-1)14-11-15(17-16-14)13-9-5-2-6-10-13/h1-10,14-16H,11H2. The molecule has 1 heterocycles. The van der Waals surface area contributed by atoms with Crippen LogP contribution in [0.2, 0.25) is 0 Å². The third-order valence-corrected chi connectivity index (χ3v) is 3.18. The molecule has 2 aromatic carbocycles. The number of rotatable bonds is 2. The first-order valence-electron chi connectivity index (χ1n) is 5.94. The summed E-state index contributed by atoms with van der Waals surface area (Å²) in [5.41, 5.74) is 5.64. The molecule has 0 amide bonds. The second-order valence-electron chi connectivity index (χ2n) is 4.33. The van der Waals surface area contributed by atoms with E-state index in [4.69, 9.17) is 4.84 Å². The van der Waals surface area contributed by atoms with Crippen LogP contribution in [0.25, 0.3) is 0 Å². The monoisotopic (exact) mass is 225 g/mol. The summed E-state index contributed by atoms with van der Waals surface area (Å²) in [5.74, 6) is 0. The van der Waals surface area contributed by atoms with Crippen molar-refractivity contribution in [2.75, 3.05) is 0 Å². The number of hydrogen-bond donors (Lipinski definition) is 1. The summed E-state index contributed by atoms with van der Waals surface area (Å²) in [6.07, 6.45) is 1.13. The minimum atomic E-state index is 0.154. The molecule has 0 spiro atoms. The molecule has 0 aliphatic carbocycles. The average molecular weight is 225 g/mol. The fraction of sp³-hybridized carbons (Fsp3) is 0.200. The average Bonchev–Trinajstić information content (AvgIpc) is 2.90. The van der Waals surface area contributed by atoms with Crippen molar-refractivity contribution in [1.82, 2.24) is 5.48 Å². The summed E-state index contributed by atoms with van der Waals surface area (Å²) in [6.45, 7) is 0. The van der Waals surface area contributed by atoms with Crippen molar-refractivity contribution >= 4 is 0 Å². The van der Waals surface area contributed by atoms with Crippen molar-refractivity contribution in [2.45, 2.75) is 18.6 Å². The van der Waals surface area contributed by atoms with Gasteiger partial charge in [-0.25, -0.2) is 0 Å². The minimum absolute atomic E-state index is 0.154. The van der Waals surface area contributed by atoms with E-state index >= 15 is 0 Å². The van der Waals surface area contributed by atoms with Crippen LogP contribution in [0.4, 0.5) is 0 Å². The Labute approximate surface area is 101 Å². The SMILES string of the molecule is c1ccc(C2CC(c3ccccc3)ON2)cc1. The Morgan fingerprint density at radius 3 is 2.06 bits per heavy atom. The molecule has 0 aromatic heterocycles. The Morgan fingerprint density at radius 1 is 0.824 bits per heavy atom. The van der Waals surface area contributed by atoms with E-state index in [1.807, 2.05) is 12.1 Å². The van der Waals surface area contributed by atoms with Crippen molar-refractivity contribution in [3.05, 3.63) is 71.8 Å². The molecule has 0 radical (unpaired) electrons. The van der Waals surface area contributed by atoms with Gasteiger partial charge in [0, 0.05) is 6.42 Å². The smallest absolute Gasteiger partial charge is 0.106 e.